The molecular weight excluding hydrogens is 426 g/mol. The minimum absolute atomic E-state index is 0.220. The third-order valence-electron chi connectivity index (χ3n) is 4.57. The number of aryl methyl sites for hydroxylation is 2. The van der Waals surface area contributed by atoms with E-state index in [1.807, 2.05) is 38.1 Å². The number of halogens is 1. The van der Waals surface area contributed by atoms with Crippen LogP contribution in [0.25, 0.3) is 5.69 Å². The van der Waals surface area contributed by atoms with Gasteiger partial charge in [0.05, 0.1) is 22.9 Å². The normalized spacial score (nSPS) is 15.6. The molecule has 2 heterocycles. The smallest absolute Gasteiger partial charge is 0.256 e. The predicted molar refractivity (Wildman–Crippen MR) is 111 cm³/mol. The summed E-state index contributed by atoms with van der Waals surface area (Å²) >= 11 is 3.40. The first kappa shape index (κ1) is 18.1. The summed E-state index contributed by atoms with van der Waals surface area (Å²) < 4.78 is 14.6. The molecule has 1 aliphatic heterocycles. The highest BCUT2D eigenvalue weighted by molar-refractivity contribution is 9.10. The van der Waals surface area contributed by atoms with Crippen LogP contribution in [0.3, 0.4) is 0 Å². The fourth-order valence-electron chi connectivity index (χ4n) is 3.28. The van der Waals surface area contributed by atoms with Crippen LogP contribution in [-0.4, -0.2) is 19.9 Å². The first-order valence-electron chi connectivity index (χ1n) is 8.52. The molecule has 4 rings (SSSR count). The Morgan fingerprint density at radius 3 is 2.74 bits per heavy atom. The van der Waals surface area contributed by atoms with E-state index in [0.717, 1.165) is 32.5 Å². The zero-order chi connectivity index (χ0) is 19.1. The fourth-order valence-corrected chi connectivity index (χ4v) is 4.95. The lowest BCUT2D eigenvalue weighted by Gasteiger charge is -2.13. The van der Waals surface area contributed by atoms with Crippen LogP contribution in [0.2, 0.25) is 0 Å². The van der Waals surface area contributed by atoms with Crippen LogP contribution in [0.4, 0.5) is 5.82 Å². The Labute approximate surface area is 168 Å². The number of nitrogens with zero attached hydrogens (tertiary/aromatic N) is 2. The largest absolute Gasteiger partial charge is 0.306 e. The van der Waals surface area contributed by atoms with Gasteiger partial charge < -0.3 is 5.32 Å². The van der Waals surface area contributed by atoms with Gasteiger partial charge in [0.25, 0.3) is 5.91 Å². The van der Waals surface area contributed by atoms with Crippen molar-refractivity contribution < 1.29 is 9.00 Å². The van der Waals surface area contributed by atoms with Gasteiger partial charge in [0.2, 0.25) is 0 Å². The van der Waals surface area contributed by atoms with Gasteiger partial charge in [-0.25, -0.2) is 4.68 Å². The summed E-state index contributed by atoms with van der Waals surface area (Å²) in [5.74, 6) is 1.22. The van der Waals surface area contributed by atoms with E-state index >= 15 is 0 Å². The molecule has 1 unspecified atom stereocenters. The topological polar surface area (TPSA) is 64.0 Å². The molecule has 1 N–H and O–H groups in total. The van der Waals surface area contributed by atoms with Crippen LogP contribution in [0.5, 0.6) is 0 Å². The Hall–Kier alpha value is -2.25. The van der Waals surface area contributed by atoms with Crippen molar-refractivity contribution in [1.29, 1.82) is 0 Å². The first-order valence-corrected chi connectivity index (χ1v) is 10.8. The third-order valence-corrected chi connectivity index (χ3v) is 6.27. The molecule has 0 saturated carbocycles. The van der Waals surface area contributed by atoms with Gasteiger partial charge in [0.15, 0.2) is 0 Å². The summed E-state index contributed by atoms with van der Waals surface area (Å²) in [6.45, 7) is 4.06. The minimum Gasteiger partial charge on any atom is -0.306 e. The van der Waals surface area contributed by atoms with E-state index in [9.17, 15) is 9.00 Å². The van der Waals surface area contributed by atoms with Gasteiger partial charge in [-0.1, -0.05) is 39.7 Å². The van der Waals surface area contributed by atoms with Gasteiger partial charge >= 0.3 is 0 Å². The van der Waals surface area contributed by atoms with Crippen molar-refractivity contribution in [2.24, 2.45) is 0 Å². The maximum Gasteiger partial charge on any atom is 0.256 e. The predicted octanol–water partition coefficient (Wildman–Crippen LogP) is 4.27. The molecule has 1 aromatic heterocycles. The summed E-state index contributed by atoms with van der Waals surface area (Å²) in [5.41, 5.74) is 5.33. The number of hydrogen-bond donors (Lipinski definition) is 1. The van der Waals surface area contributed by atoms with E-state index in [0.29, 0.717) is 22.9 Å². The molecular formula is C20H18BrN3O2S. The van der Waals surface area contributed by atoms with E-state index in [1.165, 1.54) is 0 Å². The van der Waals surface area contributed by atoms with Crippen molar-refractivity contribution in [2.75, 3.05) is 5.32 Å². The highest BCUT2D eigenvalue weighted by atomic mass is 79.9. The van der Waals surface area contributed by atoms with Crippen LogP contribution in [0.15, 0.2) is 46.9 Å². The SMILES string of the molecule is Cc1ccc(-n2nc3c(c2NC(=O)c2cccc(Br)c2)CS(=O)C3)c(C)c1. The zero-order valence-corrected chi connectivity index (χ0v) is 17.4. The van der Waals surface area contributed by atoms with E-state index in [4.69, 9.17) is 0 Å². The fraction of sp³-hybridized carbons (Fsp3) is 0.200. The van der Waals surface area contributed by atoms with Gasteiger partial charge in [0.1, 0.15) is 5.82 Å². The van der Waals surface area contributed by atoms with E-state index in [2.05, 4.69) is 32.4 Å². The van der Waals surface area contributed by atoms with E-state index < -0.39 is 10.8 Å². The lowest BCUT2D eigenvalue weighted by molar-refractivity contribution is 0.102. The molecule has 3 aromatic rings. The molecule has 1 atom stereocenters. The van der Waals surface area contributed by atoms with Gasteiger partial charge in [0, 0.05) is 26.4 Å². The Kier molecular flexibility index (Phi) is 4.74. The van der Waals surface area contributed by atoms with Gasteiger partial charge in [-0.3, -0.25) is 9.00 Å². The molecule has 0 radical (unpaired) electrons. The molecule has 0 saturated heterocycles. The van der Waals surface area contributed by atoms with Gasteiger partial charge in [-0.2, -0.15) is 5.10 Å². The first-order chi connectivity index (χ1) is 12.9. The average Bonchev–Trinajstić information content (AvgIpc) is 3.12. The number of anilines is 1. The Morgan fingerprint density at radius 2 is 2.00 bits per heavy atom. The molecule has 138 valence electrons. The standard InChI is InChI=1S/C20H18BrN3O2S/c1-12-6-7-18(13(2)8-12)24-19(16-10-27(26)11-17(16)23-24)22-20(25)14-4-3-5-15(21)9-14/h3-9H,10-11H2,1-2H3,(H,22,25). The van der Waals surface area contributed by atoms with Crippen molar-refractivity contribution in [3.05, 3.63) is 74.9 Å². The van der Waals surface area contributed by atoms with Crippen molar-refractivity contribution in [1.82, 2.24) is 9.78 Å². The summed E-state index contributed by atoms with van der Waals surface area (Å²) in [6, 6.07) is 13.3. The Bertz CT molecular complexity index is 1090. The molecule has 0 fully saturated rings. The Morgan fingerprint density at radius 1 is 1.19 bits per heavy atom. The highest BCUT2D eigenvalue weighted by Gasteiger charge is 2.29. The summed E-state index contributed by atoms with van der Waals surface area (Å²) in [6.07, 6.45) is 0. The Balaban J connectivity index is 1.79. The van der Waals surface area contributed by atoms with Crippen molar-refractivity contribution in [3.63, 3.8) is 0 Å². The van der Waals surface area contributed by atoms with Crippen LogP contribution in [0, 0.1) is 13.8 Å². The number of hydrogen-bond acceptors (Lipinski definition) is 3. The lowest BCUT2D eigenvalue weighted by Crippen LogP contribution is -2.17. The van der Waals surface area contributed by atoms with Gasteiger partial charge in [-0.15, -0.1) is 0 Å². The number of rotatable bonds is 3. The molecule has 0 spiro atoms. The van der Waals surface area contributed by atoms with Crippen molar-refractivity contribution in [3.8, 4) is 5.69 Å². The molecule has 7 heteroatoms. The molecule has 5 nitrogen and oxygen atoms in total. The molecule has 1 aliphatic rings. The average molecular weight is 444 g/mol. The molecule has 0 aliphatic carbocycles. The number of nitrogens with one attached hydrogen (secondary N) is 1. The molecule has 1 amide bonds. The number of amides is 1. The maximum absolute atomic E-state index is 12.8. The highest BCUT2D eigenvalue weighted by Crippen LogP contribution is 2.32. The van der Waals surface area contributed by atoms with Crippen LogP contribution >= 0.6 is 15.9 Å². The molecule has 2 aromatic carbocycles. The monoisotopic (exact) mass is 443 g/mol. The second kappa shape index (κ2) is 7.05. The van der Waals surface area contributed by atoms with Crippen LogP contribution in [-0.2, 0) is 22.3 Å². The van der Waals surface area contributed by atoms with E-state index in [1.54, 1.807) is 16.8 Å². The molecule has 27 heavy (non-hydrogen) atoms. The summed E-state index contributed by atoms with van der Waals surface area (Å²) in [7, 11) is -0.970. The van der Waals surface area contributed by atoms with E-state index in [-0.39, 0.29) is 5.91 Å². The number of carbonyl (C=O) groups is 1. The van der Waals surface area contributed by atoms with Crippen molar-refractivity contribution >= 4 is 38.5 Å². The number of aromatic nitrogens is 2. The van der Waals surface area contributed by atoms with Crippen LogP contribution in [0.1, 0.15) is 32.7 Å². The third kappa shape index (κ3) is 3.49. The summed E-state index contributed by atoms with van der Waals surface area (Å²) in [4.78, 5) is 12.8. The second-order valence-corrected chi connectivity index (χ2v) is 9.04. The lowest BCUT2D eigenvalue weighted by atomic mass is 10.1. The van der Waals surface area contributed by atoms with Crippen LogP contribution < -0.4 is 5.32 Å². The minimum atomic E-state index is -0.970. The second-order valence-electron chi connectivity index (χ2n) is 6.67. The maximum atomic E-state index is 12.8. The quantitative estimate of drug-likeness (QED) is 0.657. The number of fused-ring (bicyclic) bond motifs is 1. The summed E-state index contributed by atoms with van der Waals surface area (Å²) in [5, 5.41) is 7.67. The molecule has 0 bridgehead atoms. The van der Waals surface area contributed by atoms with Crippen molar-refractivity contribution in [2.45, 2.75) is 25.4 Å². The number of carbonyl (C=O) groups excluding carboxylic acids is 1. The zero-order valence-electron chi connectivity index (χ0n) is 15.0. The number of benzene rings is 2. The van der Waals surface area contributed by atoms with Gasteiger partial charge in [-0.05, 0) is 43.7 Å².